The molecule has 1 saturated heterocycles. The molecule has 0 spiro atoms. The standard InChI is InChI=1S/C12H12F2N2O3S/c13-10-2-1-8(5-11(10)14)6-15-16-12(17)9-3-4-20(18,19)7-9/h1-2,5-6,9H,3-4,7H2,(H,16,17)/b15-6-/t9-/m1/s1. The number of hydrogen-bond donors (Lipinski definition) is 1. The molecule has 0 aromatic heterocycles. The van der Waals surface area contributed by atoms with Crippen LogP contribution >= 0.6 is 0 Å². The first-order valence-electron chi connectivity index (χ1n) is 5.86. The first-order valence-corrected chi connectivity index (χ1v) is 7.68. The smallest absolute Gasteiger partial charge is 0.244 e. The van der Waals surface area contributed by atoms with Crippen molar-refractivity contribution < 1.29 is 22.0 Å². The van der Waals surface area contributed by atoms with Crippen molar-refractivity contribution in [2.24, 2.45) is 11.0 Å². The fourth-order valence-electron chi connectivity index (χ4n) is 1.86. The number of hydrazone groups is 1. The first-order chi connectivity index (χ1) is 9.37. The monoisotopic (exact) mass is 302 g/mol. The molecule has 1 heterocycles. The average Bonchev–Trinajstić information content (AvgIpc) is 2.74. The fraction of sp³-hybridized carbons (Fsp3) is 0.333. The summed E-state index contributed by atoms with van der Waals surface area (Å²) in [6, 6.07) is 3.18. The predicted octanol–water partition coefficient (Wildman–Crippen LogP) is 0.850. The first kappa shape index (κ1) is 14.6. The van der Waals surface area contributed by atoms with Gasteiger partial charge in [-0.1, -0.05) is 6.07 Å². The lowest BCUT2D eigenvalue weighted by molar-refractivity contribution is -0.124. The summed E-state index contributed by atoms with van der Waals surface area (Å²) < 4.78 is 48.0. The number of carbonyl (C=O) groups excluding carboxylic acids is 1. The molecule has 0 saturated carbocycles. The summed E-state index contributed by atoms with van der Waals surface area (Å²) in [6.07, 6.45) is 1.43. The molecule has 8 heteroatoms. The maximum atomic E-state index is 12.9. The van der Waals surface area contributed by atoms with E-state index in [1.807, 2.05) is 0 Å². The van der Waals surface area contributed by atoms with Crippen LogP contribution in [0.3, 0.4) is 0 Å². The highest BCUT2D eigenvalue weighted by Crippen LogP contribution is 2.18. The summed E-state index contributed by atoms with van der Waals surface area (Å²) in [4.78, 5) is 11.6. The summed E-state index contributed by atoms with van der Waals surface area (Å²) in [5.74, 6) is -3.27. The van der Waals surface area contributed by atoms with E-state index in [0.717, 1.165) is 18.3 Å². The van der Waals surface area contributed by atoms with E-state index >= 15 is 0 Å². The van der Waals surface area contributed by atoms with Gasteiger partial charge in [-0.2, -0.15) is 5.10 Å². The van der Waals surface area contributed by atoms with Gasteiger partial charge in [0.25, 0.3) is 0 Å². The molecule has 0 unspecified atom stereocenters. The molecule has 20 heavy (non-hydrogen) atoms. The van der Waals surface area contributed by atoms with Crippen molar-refractivity contribution in [1.82, 2.24) is 5.43 Å². The zero-order valence-corrected chi connectivity index (χ0v) is 11.2. The van der Waals surface area contributed by atoms with Crippen molar-refractivity contribution in [3.63, 3.8) is 0 Å². The molecule has 2 rings (SSSR count). The molecule has 1 aliphatic rings. The molecule has 0 radical (unpaired) electrons. The van der Waals surface area contributed by atoms with E-state index in [2.05, 4.69) is 10.5 Å². The summed E-state index contributed by atoms with van der Waals surface area (Å²) in [5, 5.41) is 3.60. The van der Waals surface area contributed by atoms with Crippen molar-refractivity contribution in [3.8, 4) is 0 Å². The largest absolute Gasteiger partial charge is 0.273 e. The number of rotatable bonds is 3. The Morgan fingerprint density at radius 1 is 1.35 bits per heavy atom. The summed E-state index contributed by atoms with van der Waals surface area (Å²) >= 11 is 0. The van der Waals surface area contributed by atoms with Crippen LogP contribution in [0, 0.1) is 17.6 Å². The molecule has 1 aromatic carbocycles. The van der Waals surface area contributed by atoms with E-state index in [4.69, 9.17) is 0 Å². The topological polar surface area (TPSA) is 75.6 Å². The van der Waals surface area contributed by atoms with Crippen LogP contribution in [0.15, 0.2) is 23.3 Å². The van der Waals surface area contributed by atoms with E-state index in [0.29, 0.717) is 0 Å². The molecule has 0 bridgehead atoms. The minimum atomic E-state index is -3.13. The maximum Gasteiger partial charge on any atom is 0.244 e. The van der Waals surface area contributed by atoms with E-state index in [-0.39, 0.29) is 23.5 Å². The van der Waals surface area contributed by atoms with Gasteiger partial charge in [-0.05, 0) is 24.1 Å². The number of halogens is 2. The molecule has 1 fully saturated rings. The van der Waals surface area contributed by atoms with Crippen LogP contribution in [-0.2, 0) is 14.6 Å². The average molecular weight is 302 g/mol. The quantitative estimate of drug-likeness (QED) is 0.664. The van der Waals surface area contributed by atoms with Crippen LogP contribution in [0.2, 0.25) is 0 Å². The number of nitrogens with zero attached hydrogens (tertiary/aromatic N) is 1. The Bertz CT molecular complexity index is 659. The zero-order valence-electron chi connectivity index (χ0n) is 10.3. The molecule has 108 valence electrons. The van der Waals surface area contributed by atoms with Crippen molar-refractivity contribution in [1.29, 1.82) is 0 Å². The molecular formula is C12H12F2N2O3S. The second kappa shape index (κ2) is 5.66. The van der Waals surface area contributed by atoms with Crippen molar-refractivity contribution in [3.05, 3.63) is 35.4 Å². The van der Waals surface area contributed by atoms with Gasteiger partial charge in [0.2, 0.25) is 5.91 Å². The van der Waals surface area contributed by atoms with Gasteiger partial charge in [0.15, 0.2) is 21.5 Å². The van der Waals surface area contributed by atoms with Gasteiger partial charge in [0.1, 0.15) is 0 Å². The van der Waals surface area contributed by atoms with E-state index in [1.54, 1.807) is 0 Å². The molecule has 1 atom stereocenters. The van der Waals surface area contributed by atoms with Gasteiger partial charge >= 0.3 is 0 Å². The number of hydrogen-bond acceptors (Lipinski definition) is 4. The minimum Gasteiger partial charge on any atom is -0.273 e. The second-order valence-electron chi connectivity index (χ2n) is 4.51. The lowest BCUT2D eigenvalue weighted by atomic mass is 10.1. The Balaban J connectivity index is 1.93. The van der Waals surface area contributed by atoms with Crippen LogP contribution in [0.25, 0.3) is 0 Å². The van der Waals surface area contributed by atoms with Crippen LogP contribution in [0.1, 0.15) is 12.0 Å². The Morgan fingerprint density at radius 3 is 2.70 bits per heavy atom. The van der Waals surface area contributed by atoms with E-state index < -0.39 is 33.3 Å². The Morgan fingerprint density at radius 2 is 2.10 bits per heavy atom. The maximum absolute atomic E-state index is 12.9. The van der Waals surface area contributed by atoms with Gasteiger partial charge in [-0.15, -0.1) is 0 Å². The predicted molar refractivity (Wildman–Crippen MR) is 68.9 cm³/mol. The summed E-state index contributed by atoms with van der Waals surface area (Å²) in [5.41, 5.74) is 2.48. The lowest BCUT2D eigenvalue weighted by Crippen LogP contribution is -2.27. The van der Waals surface area contributed by atoms with Gasteiger partial charge in [0, 0.05) is 0 Å². The molecule has 0 aliphatic carbocycles. The Labute approximate surface area is 114 Å². The zero-order chi connectivity index (χ0) is 14.8. The molecule has 1 N–H and O–H groups in total. The number of benzene rings is 1. The highest BCUT2D eigenvalue weighted by Gasteiger charge is 2.32. The van der Waals surface area contributed by atoms with Crippen LogP contribution in [0.5, 0.6) is 0 Å². The minimum absolute atomic E-state index is 0.00201. The molecular weight excluding hydrogens is 290 g/mol. The highest BCUT2D eigenvalue weighted by molar-refractivity contribution is 7.91. The summed E-state index contributed by atoms with van der Waals surface area (Å²) in [7, 11) is -3.13. The number of carbonyl (C=O) groups is 1. The Kier molecular flexibility index (Phi) is 4.12. The van der Waals surface area contributed by atoms with Gasteiger partial charge in [-0.3, -0.25) is 4.79 Å². The van der Waals surface area contributed by atoms with Crippen molar-refractivity contribution in [2.45, 2.75) is 6.42 Å². The molecule has 5 nitrogen and oxygen atoms in total. The highest BCUT2D eigenvalue weighted by atomic mass is 32.2. The molecule has 1 aliphatic heterocycles. The third-order valence-electron chi connectivity index (χ3n) is 2.94. The third-order valence-corrected chi connectivity index (χ3v) is 4.70. The number of amides is 1. The van der Waals surface area contributed by atoms with Crippen molar-refractivity contribution >= 4 is 22.0 Å². The van der Waals surface area contributed by atoms with Gasteiger partial charge in [0.05, 0.1) is 23.6 Å². The normalized spacial score (nSPS) is 21.2. The van der Waals surface area contributed by atoms with Crippen LogP contribution < -0.4 is 5.43 Å². The third kappa shape index (κ3) is 3.60. The SMILES string of the molecule is O=C(N/N=C\c1ccc(F)c(F)c1)[C@@H]1CCS(=O)(=O)C1. The molecule has 1 aromatic rings. The van der Waals surface area contributed by atoms with Crippen LogP contribution in [0.4, 0.5) is 8.78 Å². The fourth-order valence-corrected chi connectivity index (χ4v) is 3.60. The lowest BCUT2D eigenvalue weighted by Gasteiger charge is -2.04. The number of nitrogens with one attached hydrogen (secondary N) is 1. The Hall–Kier alpha value is -1.83. The van der Waals surface area contributed by atoms with Crippen LogP contribution in [-0.4, -0.2) is 32.0 Å². The van der Waals surface area contributed by atoms with E-state index in [1.165, 1.54) is 6.07 Å². The van der Waals surface area contributed by atoms with E-state index in [9.17, 15) is 22.0 Å². The second-order valence-corrected chi connectivity index (χ2v) is 6.74. The van der Waals surface area contributed by atoms with Gasteiger partial charge < -0.3 is 0 Å². The van der Waals surface area contributed by atoms with Crippen molar-refractivity contribution in [2.75, 3.05) is 11.5 Å². The molecule has 1 amide bonds. The number of sulfone groups is 1. The summed E-state index contributed by atoms with van der Waals surface area (Å²) in [6.45, 7) is 0. The van der Waals surface area contributed by atoms with Gasteiger partial charge in [-0.25, -0.2) is 22.6 Å².